The zero-order chi connectivity index (χ0) is 22.5. The van der Waals surface area contributed by atoms with Gasteiger partial charge in [0.05, 0.1) is 20.8 Å². The maximum absolute atomic E-state index is 11.2. The Labute approximate surface area is 176 Å². The predicted molar refractivity (Wildman–Crippen MR) is 112 cm³/mol. The molecule has 2 aromatic carbocycles. The van der Waals surface area contributed by atoms with Gasteiger partial charge in [0.1, 0.15) is 17.5 Å². The largest absolute Gasteiger partial charge is 0.497 e. The van der Waals surface area contributed by atoms with Crippen LogP contribution in [0.1, 0.15) is 18.1 Å². The lowest BCUT2D eigenvalue weighted by molar-refractivity contribution is -0.152. The van der Waals surface area contributed by atoms with Crippen molar-refractivity contribution in [2.75, 3.05) is 20.8 Å². The lowest BCUT2D eigenvalue weighted by Crippen LogP contribution is -2.32. The monoisotopic (exact) mass is 419 g/mol. The quantitative estimate of drug-likeness (QED) is 0.525. The van der Waals surface area contributed by atoms with Crippen molar-refractivity contribution in [1.82, 2.24) is 0 Å². The number of methoxy groups -OCH3 is 2. The molecular weight excluding hydrogens is 390 g/mol. The molecule has 2 aromatic rings. The highest BCUT2D eigenvalue weighted by Crippen LogP contribution is 2.13. The highest BCUT2D eigenvalue weighted by molar-refractivity contribution is 5.74. The lowest BCUT2D eigenvalue weighted by atomic mass is 10.1. The van der Waals surface area contributed by atoms with Crippen LogP contribution in [-0.2, 0) is 27.2 Å². The highest BCUT2D eigenvalue weighted by Gasteiger charge is 2.16. The van der Waals surface area contributed by atoms with E-state index >= 15 is 0 Å². The average molecular weight is 419 g/mol. The molecule has 8 nitrogen and oxygen atoms in total. The van der Waals surface area contributed by atoms with Crippen molar-refractivity contribution >= 4 is 11.9 Å². The van der Waals surface area contributed by atoms with E-state index in [1.54, 1.807) is 57.5 Å². The third-order valence-electron chi connectivity index (χ3n) is 4.08. The van der Waals surface area contributed by atoms with E-state index in [1.807, 2.05) is 12.1 Å². The van der Waals surface area contributed by atoms with Gasteiger partial charge in [-0.05, 0) is 48.7 Å². The molecular formula is C22H29NO7. The third kappa shape index (κ3) is 8.93. The summed E-state index contributed by atoms with van der Waals surface area (Å²) in [5.74, 6) is -0.0776. The van der Waals surface area contributed by atoms with Crippen LogP contribution in [0.4, 0.5) is 0 Å². The summed E-state index contributed by atoms with van der Waals surface area (Å²) < 4.78 is 14.7. The number of carbonyl (C=O) groups is 2. The second kappa shape index (κ2) is 13.2. The standard InChI is InChI=1S/C12H16O4.C10H13NO3/c1-3-16-12(14)11(13)8-9-4-6-10(15-2)7-5-9;1-14-8-4-2-7(3-5-8)6-9(11)10(12)13/h4-7,11,13H,3,8H2,1-2H3;2-5,9H,6,11H2,1H3,(H,12,13)/t11-;9-/m11/s1. The highest BCUT2D eigenvalue weighted by atomic mass is 16.5. The zero-order valence-electron chi connectivity index (χ0n) is 17.4. The molecule has 0 aliphatic carbocycles. The maximum Gasteiger partial charge on any atom is 0.335 e. The number of ether oxygens (including phenoxy) is 3. The van der Waals surface area contributed by atoms with Gasteiger partial charge in [-0.1, -0.05) is 24.3 Å². The molecule has 0 fully saturated rings. The molecule has 0 aliphatic rings. The number of hydrogen-bond donors (Lipinski definition) is 3. The van der Waals surface area contributed by atoms with E-state index in [1.165, 1.54) is 0 Å². The Morgan fingerprint density at radius 3 is 1.70 bits per heavy atom. The maximum atomic E-state index is 11.2. The van der Waals surface area contributed by atoms with Crippen LogP contribution in [0.25, 0.3) is 0 Å². The molecule has 0 radical (unpaired) electrons. The van der Waals surface area contributed by atoms with E-state index < -0.39 is 24.1 Å². The first kappa shape index (κ1) is 24.9. The van der Waals surface area contributed by atoms with Crippen LogP contribution < -0.4 is 15.2 Å². The summed E-state index contributed by atoms with van der Waals surface area (Å²) in [6.45, 7) is 1.98. The smallest absolute Gasteiger partial charge is 0.335 e. The fourth-order valence-electron chi connectivity index (χ4n) is 2.41. The van der Waals surface area contributed by atoms with E-state index in [-0.39, 0.29) is 13.0 Å². The summed E-state index contributed by atoms with van der Waals surface area (Å²) in [6.07, 6.45) is -0.518. The zero-order valence-corrected chi connectivity index (χ0v) is 17.4. The normalized spacial score (nSPS) is 12.0. The number of carboxylic acid groups (broad SMARTS) is 1. The molecule has 0 amide bonds. The van der Waals surface area contributed by atoms with Gasteiger partial charge in [0, 0.05) is 6.42 Å². The second-order valence-electron chi connectivity index (χ2n) is 6.32. The number of aliphatic hydroxyl groups excluding tert-OH is 1. The minimum absolute atomic E-state index is 0.253. The van der Waals surface area contributed by atoms with E-state index in [9.17, 15) is 14.7 Å². The Bertz CT molecular complexity index is 775. The Morgan fingerprint density at radius 1 is 0.900 bits per heavy atom. The fraction of sp³-hybridized carbons (Fsp3) is 0.364. The van der Waals surface area contributed by atoms with Crippen molar-refractivity contribution in [3.05, 3.63) is 59.7 Å². The number of esters is 1. The van der Waals surface area contributed by atoms with Crippen LogP contribution in [0.2, 0.25) is 0 Å². The molecule has 0 saturated heterocycles. The number of carboxylic acids is 1. The molecule has 0 aromatic heterocycles. The molecule has 30 heavy (non-hydrogen) atoms. The van der Waals surface area contributed by atoms with Crippen LogP contribution in [0, 0.1) is 0 Å². The summed E-state index contributed by atoms with van der Waals surface area (Å²) in [5, 5.41) is 18.1. The van der Waals surface area contributed by atoms with Gasteiger partial charge in [0.15, 0.2) is 6.10 Å². The number of benzene rings is 2. The van der Waals surface area contributed by atoms with E-state index in [0.717, 1.165) is 22.6 Å². The minimum atomic E-state index is -1.10. The van der Waals surface area contributed by atoms with Crippen LogP contribution >= 0.6 is 0 Å². The van der Waals surface area contributed by atoms with E-state index in [4.69, 9.17) is 25.1 Å². The molecule has 8 heteroatoms. The van der Waals surface area contributed by atoms with Crippen LogP contribution in [0.5, 0.6) is 11.5 Å². The summed E-state index contributed by atoms with van der Waals surface area (Å²) in [5.41, 5.74) is 7.14. The average Bonchev–Trinajstić information content (AvgIpc) is 2.75. The first-order valence-electron chi connectivity index (χ1n) is 9.39. The number of hydrogen-bond acceptors (Lipinski definition) is 7. The van der Waals surface area contributed by atoms with Gasteiger partial charge in [-0.15, -0.1) is 0 Å². The number of aliphatic carboxylic acids is 1. The van der Waals surface area contributed by atoms with Gasteiger partial charge in [-0.2, -0.15) is 0 Å². The number of rotatable bonds is 9. The Kier molecular flexibility index (Phi) is 11.0. The second-order valence-corrected chi connectivity index (χ2v) is 6.32. The molecule has 0 aliphatic heterocycles. The summed E-state index contributed by atoms with van der Waals surface area (Å²) >= 11 is 0. The van der Waals surface area contributed by atoms with Crippen molar-refractivity contribution in [2.24, 2.45) is 5.73 Å². The molecule has 164 valence electrons. The van der Waals surface area contributed by atoms with Gasteiger partial charge in [-0.25, -0.2) is 4.79 Å². The van der Waals surface area contributed by atoms with Crippen LogP contribution in [0.3, 0.4) is 0 Å². The first-order valence-corrected chi connectivity index (χ1v) is 9.39. The number of carbonyl (C=O) groups excluding carboxylic acids is 1. The number of nitrogens with two attached hydrogens (primary N) is 1. The van der Waals surface area contributed by atoms with Crippen molar-refractivity contribution in [3.8, 4) is 11.5 Å². The van der Waals surface area contributed by atoms with Gasteiger partial charge >= 0.3 is 11.9 Å². The Morgan fingerprint density at radius 2 is 1.33 bits per heavy atom. The summed E-state index contributed by atoms with van der Waals surface area (Å²) in [7, 11) is 3.17. The lowest BCUT2D eigenvalue weighted by Gasteiger charge is -2.09. The van der Waals surface area contributed by atoms with Crippen molar-refractivity contribution < 1.29 is 34.0 Å². The van der Waals surface area contributed by atoms with Gasteiger partial charge in [-0.3, -0.25) is 4.79 Å². The molecule has 0 bridgehead atoms. The molecule has 0 spiro atoms. The molecule has 4 N–H and O–H groups in total. The summed E-state index contributed by atoms with van der Waals surface area (Å²) in [4.78, 5) is 21.7. The van der Waals surface area contributed by atoms with Crippen molar-refractivity contribution in [1.29, 1.82) is 0 Å². The first-order chi connectivity index (χ1) is 14.3. The van der Waals surface area contributed by atoms with Crippen molar-refractivity contribution in [2.45, 2.75) is 31.9 Å². The minimum Gasteiger partial charge on any atom is -0.497 e. The van der Waals surface area contributed by atoms with Crippen LogP contribution in [0.15, 0.2) is 48.5 Å². The molecule has 0 unspecified atom stereocenters. The molecule has 2 rings (SSSR count). The van der Waals surface area contributed by atoms with E-state index in [2.05, 4.69) is 0 Å². The van der Waals surface area contributed by atoms with Crippen LogP contribution in [-0.4, -0.2) is 55.1 Å². The molecule has 0 saturated carbocycles. The van der Waals surface area contributed by atoms with Gasteiger partial charge < -0.3 is 30.2 Å². The predicted octanol–water partition coefficient (Wildman–Crippen LogP) is 1.81. The third-order valence-corrected chi connectivity index (χ3v) is 4.08. The van der Waals surface area contributed by atoms with Gasteiger partial charge in [0.25, 0.3) is 0 Å². The summed E-state index contributed by atoms with van der Waals surface area (Å²) in [6, 6.07) is 13.5. The SMILES string of the molecule is CCOC(=O)[C@H](O)Cc1ccc(OC)cc1.COc1ccc(C[C@@H](N)C(=O)O)cc1. The van der Waals surface area contributed by atoms with Gasteiger partial charge in [0.2, 0.25) is 0 Å². The van der Waals surface area contributed by atoms with Crippen molar-refractivity contribution in [3.63, 3.8) is 0 Å². The van der Waals surface area contributed by atoms with E-state index in [0.29, 0.717) is 6.42 Å². The molecule has 2 atom stereocenters. The Hall–Kier alpha value is -3.10. The Balaban J connectivity index is 0.000000303. The molecule has 0 heterocycles. The number of aliphatic hydroxyl groups is 1. The fourth-order valence-corrected chi connectivity index (χ4v) is 2.41. The topological polar surface area (TPSA) is 128 Å².